The summed E-state index contributed by atoms with van der Waals surface area (Å²) in [6, 6.07) is 0. The number of rotatable bonds is 8. The quantitative estimate of drug-likeness (QED) is 0.297. The molecule has 1 aliphatic carbocycles. The third kappa shape index (κ3) is 8.28. The summed E-state index contributed by atoms with van der Waals surface area (Å²) in [5, 5.41) is 0. The van der Waals surface area contributed by atoms with Crippen molar-refractivity contribution in [2.75, 3.05) is 6.61 Å². The summed E-state index contributed by atoms with van der Waals surface area (Å²) in [6.07, 6.45) is 12.1. The van der Waals surface area contributed by atoms with Crippen LogP contribution in [0.25, 0.3) is 0 Å². The predicted octanol–water partition coefficient (Wildman–Crippen LogP) is 5.85. The van der Waals surface area contributed by atoms with Crippen LogP contribution in [0.4, 0.5) is 0 Å². The summed E-state index contributed by atoms with van der Waals surface area (Å²) in [4.78, 5) is 22.4. The molecule has 156 valence electrons. The second kappa shape index (κ2) is 11.0. The molecule has 0 saturated heterocycles. The summed E-state index contributed by atoms with van der Waals surface area (Å²) in [5.74, 6) is -0.652. The number of esters is 2. The van der Waals surface area contributed by atoms with Crippen LogP contribution in [0.5, 0.6) is 0 Å². The van der Waals surface area contributed by atoms with Crippen LogP contribution >= 0.6 is 0 Å². The highest BCUT2D eigenvalue weighted by molar-refractivity contribution is 5.66. The van der Waals surface area contributed by atoms with E-state index in [9.17, 15) is 9.59 Å². The van der Waals surface area contributed by atoms with E-state index in [0.29, 0.717) is 6.42 Å². The van der Waals surface area contributed by atoms with E-state index < -0.39 is 0 Å². The Labute approximate surface area is 170 Å². The highest BCUT2D eigenvalue weighted by Gasteiger charge is 2.26. The molecular weight excluding hydrogens is 352 g/mol. The van der Waals surface area contributed by atoms with E-state index >= 15 is 0 Å². The Morgan fingerprint density at radius 1 is 1.11 bits per heavy atom. The minimum Gasteiger partial charge on any atom is -0.462 e. The lowest BCUT2D eigenvalue weighted by Crippen LogP contribution is -2.19. The van der Waals surface area contributed by atoms with E-state index in [2.05, 4.69) is 45.9 Å². The predicted molar refractivity (Wildman–Crippen MR) is 114 cm³/mol. The third-order valence-electron chi connectivity index (χ3n) is 5.22. The van der Waals surface area contributed by atoms with Crippen LogP contribution in [0.15, 0.2) is 46.6 Å². The largest absolute Gasteiger partial charge is 0.462 e. The molecule has 4 nitrogen and oxygen atoms in total. The summed E-state index contributed by atoms with van der Waals surface area (Å²) >= 11 is 0. The first kappa shape index (κ1) is 23.9. The van der Waals surface area contributed by atoms with Crippen molar-refractivity contribution in [3.63, 3.8) is 0 Å². The first-order chi connectivity index (χ1) is 13.0. The molecule has 0 aromatic rings. The van der Waals surface area contributed by atoms with E-state index in [1.165, 1.54) is 44.3 Å². The van der Waals surface area contributed by atoms with Crippen molar-refractivity contribution in [1.29, 1.82) is 0 Å². The lowest BCUT2D eigenvalue weighted by atomic mass is 9.72. The van der Waals surface area contributed by atoms with Crippen LogP contribution < -0.4 is 0 Å². The average Bonchev–Trinajstić information content (AvgIpc) is 2.56. The highest BCUT2D eigenvalue weighted by Crippen LogP contribution is 2.40. The van der Waals surface area contributed by atoms with Gasteiger partial charge in [0.25, 0.3) is 0 Å². The maximum absolute atomic E-state index is 11.4. The zero-order valence-corrected chi connectivity index (χ0v) is 18.6. The maximum Gasteiger partial charge on any atom is 0.303 e. The molecule has 1 aliphatic rings. The molecule has 0 heterocycles. The number of hydrogen-bond acceptors (Lipinski definition) is 4. The number of hydrogen-bond donors (Lipinski definition) is 0. The van der Waals surface area contributed by atoms with Gasteiger partial charge in [-0.3, -0.25) is 9.59 Å². The molecule has 0 amide bonds. The van der Waals surface area contributed by atoms with Crippen LogP contribution in [0.3, 0.4) is 0 Å². The fourth-order valence-electron chi connectivity index (χ4n) is 3.54. The molecule has 0 aromatic heterocycles. The molecule has 0 N–H and O–H groups in total. The second-order valence-electron chi connectivity index (χ2n) is 8.30. The van der Waals surface area contributed by atoms with Crippen LogP contribution in [-0.4, -0.2) is 24.6 Å². The monoisotopic (exact) mass is 388 g/mol. The van der Waals surface area contributed by atoms with Gasteiger partial charge in [-0.05, 0) is 62.7 Å². The Morgan fingerprint density at radius 2 is 1.79 bits per heavy atom. The van der Waals surface area contributed by atoms with Crippen molar-refractivity contribution >= 4 is 11.9 Å². The van der Waals surface area contributed by atoms with Gasteiger partial charge < -0.3 is 9.47 Å². The summed E-state index contributed by atoms with van der Waals surface area (Å²) in [6.45, 7) is 13.8. The van der Waals surface area contributed by atoms with E-state index in [0.717, 1.165) is 11.1 Å². The summed E-state index contributed by atoms with van der Waals surface area (Å²) < 4.78 is 10.4. The minimum atomic E-state index is -0.358. The van der Waals surface area contributed by atoms with Crippen molar-refractivity contribution in [2.45, 2.75) is 80.3 Å². The molecular formula is C24H36O4. The molecule has 0 aliphatic heterocycles. The molecule has 0 radical (unpaired) electrons. The van der Waals surface area contributed by atoms with E-state index in [-0.39, 0.29) is 30.1 Å². The third-order valence-corrected chi connectivity index (χ3v) is 5.22. The fourth-order valence-corrected chi connectivity index (χ4v) is 3.54. The molecule has 1 atom stereocenters. The topological polar surface area (TPSA) is 52.6 Å². The van der Waals surface area contributed by atoms with Gasteiger partial charge in [0.15, 0.2) is 0 Å². The fraction of sp³-hybridized carbons (Fsp3) is 0.583. The van der Waals surface area contributed by atoms with Crippen molar-refractivity contribution in [2.24, 2.45) is 5.41 Å². The van der Waals surface area contributed by atoms with Gasteiger partial charge in [-0.15, -0.1) is 0 Å². The van der Waals surface area contributed by atoms with Crippen molar-refractivity contribution < 1.29 is 19.1 Å². The van der Waals surface area contributed by atoms with Crippen LogP contribution in [0, 0.1) is 5.41 Å². The molecule has 0 fully saturated rings. The van der Waals surface area contributed by atoms with Crippen LogP contribution in [0.2, 0.25) is 0 Å². The zero-order valence-electron chi connectivity index (χ0n) is 18.6. The SMILES string of the molecule is CC(=O)OC/C=C(\C)C(C/C=C(C)/C=C/C1=C(C)CCCC1(C)C)OC(C)=O. The van der Waals surface area contributed by atoms with Gasteiger partial charge in [0.05, 0.1) is 0 Å². The molecule has 28 heavy (non-hydrogen) atoms. The van der Waals surface area contributed by atoms with Gasteiger partial charge in [-0.1, -0.05) is 43.2 Å². The van der Waals surface area contributed by atoms with Gasteiger partial charge in [0.1, 0.15) is 12.7 Å². The minimum absolute atomic E-state index is 0.185. The molecule has 0 aromatic carbocycles. The summed E-state index contributed by atoms with van der Waals surface area (Å²) in [5.41, 5.74) is 5.13. The Balaban J connectivity index is 2.84. The van der Waals surface area contributed by atoms with Gasteiger partial charge in [-0.2, -0.15) is 0 Å². The van der Waals surface area contributed by atoms with Gasteiger partial charge in [0, 0.05) is 20.3 Å². The van der Waals surface area contributed by atoms with Gasteiger partial charge in [-0.25, -0.2) is 0 Å². The van der Waals surface area contributed by atoms with Crippen molar-refractivity contribution in [1.82, 2.24) is 0 Å². The van der Waals surface area contributed by atoms with E-state index in [4.69, 9.17) is 9.47 Å². The normalized spacial score (nSPS) is 19.0. The Bertz CT molecular complexity index is 689. The number of carbonyl (C=O) groups is 2. The smallest absolute Gasteiger partial charge is 0.303 e. The average molecular weight is 389 g/mol. The molecule has 0 bridgehead atoms. The molecule has 4 heteroatoms. The van der Waals surface area contributed by atoms with Crippen LogP contribution in [0.1, 0.15) is 74.1 Å². The molecule has 1 rings (SSSR count). The van der Waals surface area contributed by atoms with Crippen LogP contribution in [-0.2, 0) is 19.1 Å². The van der Waals surface area contributed by atoms with Gasteiger partial charge in [0.2, 0.25) is 0 Å². The second-order valence-corrected chi connectivity index (χ2v) is 8.30. The number of carbonyl (C=O) groups excluding carboxylic acids is 2. The standard InChI is InChI=1S/C24H36O4/c1-17(10-12-22-18(2)9-8-15-24(22,6)7)11-13-23(28-21(5)26)19(3)14-16-27-20(4)25/h10-12,14,23H,8-9,13,15-16H2,1-7H3/b12-10+,17-11+,19-14+. The number of allylic oxidation sites excluding steroid dienone is 5. The maximum atomic E-state index is 11.4. The van der Waals surface area contributed by atoms with Crippen molar-refractivity contribution in [3.05, 3.63) is 46.6 Å². The summed E-state index contributed by atoms with van der Waals surface area (Å²) in [7, 11) is 0. The molecule has 0 spiro atoms. The Morgan fingerprint density at radius 3 is 2.36 bits per heavy atom. The number of ether oxygens (including phenoxy) is 2. The molecule has 0 saturated carbocycles. The first-order valence-corrected chi connectivity index (χ1v) is 10.0. The lowest BCUT2D eigenvalue weighted by molar-refractivity contribution is -0.144. The first-order valence-electron chi connectivity index (χ1n) is 10.0. The Hall–Kier alpha value is -2.10. The zero-order chi connectivity index (χ0) is 21.3. The van der Waals surface area contributed by atoms with Gasteiger partial charge >= 0.3 is 11.9 Å². The highest BCUT2D eigenvalue weighted by atomic mass is 16.5. The molecule has 1 unspecified atom stereocenters. The van der Waals surface area contributed by atoms with Crippen molar-refractivity contribution in [3.8, 4) is 0 Å². The van der Waals surface area contributed by atoms with E-state index in [1.807, 2.05) is 6.92 Å². The van der Waals surface area contributed by atoms with E-state index in [1.54, 1.807) is 6.08 Å². The Kier molecular flexibility index (Phi) is 9.44. The lowest BCUT2D eigenvalue weighted by Gasteiger charge is -2.33.